The van der Waals surface area contributed by atoms with Crippen molar-refractivity contribution in [2.24, 2.45) is 51.8 Å². The molecule has 0 bridgehead atoms. The van der Waals surface area contributed by atoms with E-state index in [0.29, 0.717) is 29.0 Å². The first kappa shape index (κ1) is 23.5. The van der Waals surface area contributed by atoms with Gasteiger partial charge in [-0.1, -0.05) is 60.1 Å². The van der Waals surface area contributed by atoms with Crippen LogP contribution in [-0.2, 0) is 4.79 Å². The fourth-order valence-electron chi connectivity index (χ4n) is 9.41. The van der Waals surface area contributed by atoms with Crippen molar-refractivity contribution in [2.75, 3.05) is 0 Å². The minimum atomic E-state index is -0.197. The molecule has 0 saturated heterocycles. The zero-order valence-electron chi connectivity index (χ0n) is 21.3. The number of allylic oxidation sites excluding steroid dienone is 1. The van der Waals surface area contributed by atoms with Crippen LogP contribution in [-0.4, -0.2) is 17.0 Å². The van der Waals surface area contributed by atoms with Crippen LogP contribution in [0, 0.1) is 51.8 Å². The highest BCUT2D eigenvalue weighted by molar-refractivity contribution is 5.78. The van der Waals surface area contributed by atoms with Crippen molar-refractivity contribution in [2.45, 2.75) is 112 Å². The van der Waals surface area contributed by atoms with Crippen molar-refractivity contribution in [1.29, 1.82) is 0 Å². The van der Waals surface area contributed by atoms with Gasteiger partial charge in [0.2, 0.25) is 0 Å². The number of hydrogen-bond donors (Lipinski definition) is 1. The molecule has 176 valence electrons. The monoisotopic (exact) mass is 428 g/mol. The fourth-order valence-corrected chi connectivity index (χ4v) is 9.41. The minimum absolute atomic E-state index is 0.0811. The van der Waals surface area contributed by atoms with E-state index in [2.05, 4.69) is 54.5 Å². The van der Waals surface area contributed by atoms with Crippen molar-refractivity contribution in [3.8, 4) is 0 Å². The first-order valence-corrected chi connectivity index (χ1v) is 13.3. The Morgan fingerprint density at radius 3 is 2.39 bits per heavy atom. The van der Waals surface area contributed by atoms with E-state index in [0.717, 1.165) is 43.4 Å². The van der Waals surface area contributed by atoms with Crippen LogP contribution in [0.2, 0.25) is 0 Å². The number of fused-ring (bicyclic) bond motifs is 5. The van der Waals surface area contributed by atoms with E-state index >= 15 is 0 Å². The SMILES string of the molecule is CC(C)CC(=O)CC(C)[C@H]1CC[C@H]2[C@@H]3CC=C4C(C)(C)[C@@H](O)CC[C@]4(C)[C@H]3CC[C@]12C. The third-order valence-electron chi connectivity index (χ3n) is 10.9. The first-order chi connectivity index (χ1) is 14.4. The summed E-state index contributed by atoms with van der Waals surface area (Å²) >= 11 is 0. The van der Waals surface area contributed by atoms with Gasteiger partial charge in [-0.2, -0.15) is 0 Å². The molecule has 4 aliphatic carbocycles. The summed E-state index contributed by atoms with van der Waals surface area (Å²) in [5, 5.41) is 10.7. The molecule has 3 fully saturated rings. The average molecular weight is 429 g/mol. The molecule has 0 heterocycles. The third-order valence-corrected chi connectivity index (χ3v) is 10.9. The quantitative estimate of drug-likeness (QED) is 0.470. The van der Waals surface area contributed by atoms with Gasteiger partial charge in [-0.05, 0) is 91.3 Å². The third kappa shape index (κ3) is 3.68. The number of hydrogen-bond acceptors (Lipinski definition) is 2. The Bertz CT molecular complexity index is 733. The Kier molecular flexibility index (Phi) is 6.07. The lowest BCUT2D eigenvalue weighted by Gasteiger charge is -2.61. The number of aliphatic hydroxyl groups excluding tert-OH is 1. The number of Topliss-reactive ketones (excluding diaryl/α,β-unsaturated/α-hetero) is 1. The molecule has 0 aromatic carbocycles. The number of ketones is 1. The molecule has 1 unspecified atom stereocenters. The van der Waals surface area contributed by atoms with E-state index < -0.39 is 0 Å². The van der Waals surface area contributed by atoms with Crippen LogP contribution in [0.4, 0.5) is 0 Å². The van der Waals surface area contributed by atoms with Crippen molar-refractivity contribution in [3.63, 3.8) is 0 Å². The van der Waals surface area contributed by atoms with Gasteiger partial charge in [0.1, 0.15) is 5.78 Å². The Morgan fingerprint density at radius 1 is 1.00 bits per heavy atom. The molecule has 0 radical (unpaired) electrons. The Hall–Kier alpha value is -0.630. The molecule has 4 rings (SSSR count). The zero-order valence-corrected chi connectivity index (χ0v) is 21.3. The Labute approximate surface area is 191 Å². The second-order valence-corrected chi connectivity index (χ2v) is 13.5. The molecular formula is C29H48O2. The van der Waals surface area contributed by atoms with Crippen molar-refractivity contribution < 1.29 is 9.90 Å². The van der Waals surface area contributed by atoms with Gasteiger partial charge in [0.05, 0.1) is 6.10 Å². The predicted molar refractivity (Wildman–Crippen MR) is 129 cm³/mol. The van der Waals surface area contributed by atoms with Gasteiger partial charge < -0.3 is 5.11 Å². The number of rotatable bonds is 5. The van der Waals surface area contributed by atoms with Crippen LogP contribution in [0.25, 0.3) is 0 Å². The van der Waals surface area contributed by atoms with Crippen molar-refractivity contribution in [3.05, 3.63) is 11.6 Å². The van der Waals surface area contributed by atoms with Gasteiger partial charge in [-0.25, -0.2) is 0 Å². The second kappa shape index (κ2) is 8.00. The molecular weight excluding hydrogens is 380 g/mol. The lowest BCUT2D eigenvalue weighted by molar-refractivity contribution is -0.121. The van der Waals surface area contributed by atoms with Gasteiger partial charge in [0.15, 0.2) is 0 Å². The molecule has 1 N–H and O–H groups in total. The molecule has 0 spiro atoms. The maximum atomic E-state index is 12.6. The largest absolute Gasteiger partial charge is 0.392 e. The molecule has 2 nitrogen and oxygen atoms in total. The molecule has 3 saturated carbocycles. The summed E-state index contributed by atoms with van der Waals surface area (Å²) in [5.74, 6) is 4.55. The van der Waals surface area contributed by atoms with Gasteiger partial charge in [-0.15, -0.1) is 0 Å². The van der Waals surface area contributed by atoms with Gasteiger partial charge in [0, 0.05) is 18.3 Å². The Morgan fingerprint density at radius 2 is 1.71 bits per heavy atom. The Balaban J connectivity index is 1.55. The summed E-state index contributed by atoms with van der Waals surface area (Å²) in [5.41, 5.74) is 2.15. The molecule has 0 aliphatic heterocycles. The summed E-state index contributed by atoms with van der Waals surface area (Å²) in [4.78, 5) is 12.6. The summed E-state index contributed by atoms with van der Waals surface area (Å²) in [6.07, 6.45) is 12.5. The lowest BCUT2D eigenvalue weighted by atomic mass is 9.44. The van der Waals surface area contributed by atoms with Crippen LogP contribution in [0.5, 0.6) is 0 Å². The smallest absolute Gasteiger partial charge is 0.133 e. The summed E-state index contributed by atoms with van der Waals surface area (Å²) in [6.45, 7) is 16.4. The maximum absolute atomic E-state index is 12.6. The molecule has 2 heteroatoms. The first-order valence-electron chi connectivity index (χ1n) is 13.3. The highest BCUT2D eigenvalue weighted by atomic mass is 16.3. The van der Waals surface area contributed by atoms with Crippen LogP contribution in [0.3, 0.4) is 0 Å². The van der Waals surface area contributed by atoms with Crippen LogP contribution in [0.15, 0.2) is 11.6 Å². The molecule has 0 amide bonds. The van der Waals surface area contributed by atoms with E-state index in [4.69, 9.17) is 0 Å². The molecule has 0 aromatic rings. The van der Waals surface area contributed by atoms with E-state index in [1.54, 1.807) is 5.57 Å². The normalized spacial score (nSPS) is 44.8. The minimum Gasteiger partial charge on any atom is -0.392 e. The van der Waals surface area contributed by atoms with E-state index in [9.17, 15) is 9.90 Å². The van der Waals surface area contributed by atoms with Gasteiger partial charge in [-0.3, -0.25) is 4.79 Å². The predicted octanol–water partition coefficient (Wildman–Crippen LogP) is 7.20. The standard InChI is InChI=1S/C29H48O2/c1-18(2)16-20(30)17-19(3)22-9-10-23-21-8-11-25-27(4,5)26(31)13-15-29(25,7)24(21)12-14-28(22,23)6/h11,18-19,21-24,26,31H,8-10,12-17H2,1-7H3/t19?,21-,22+,23-,24-,26-,28+,29+/m0/s1. The number of aliphatic hydroxyl groups is 1. The molecule has 0 aromatic heterocycles. The number of carbonyl (C=O) groups excluding carboxylic acids is 1. The molecule has 4 aliphatic rings. The van der Waals surface area contributed by atoms with Gasteiger partial charge >= 0.3 is 0 Å². The molecule has 31 heavy (non-hydrogen) atoms. The topological polar surface area (TPSA) is 37.3 Å². The lowest BCUT2D eigenvalue weighted by Crippen LogP contribution is -2.54. The average Bonchev–Trinajstić information content (AvgIpc) is 3.02. The molecule has 8 atom stereocenters. The van der Waals surface area contributed by atoms with E-state index in [1.165, 1.54) is 32.1 Å². The van der Waals surface area contributed by atoms with Gasteiger partial charge in [0.25, 0.3) is 0 Å². The summed E-state index contributed by atoms with van der Waals surface area (Å²) in [7, 11) is 0. The van der Waals surface area contributed by atoms with Crippen LogP contribution >= 0.6 is 0 Å². The van der Waals surface area contributed by atoms with Crippen LogP contribution in [0.1, 0.15) is 106 Å². The highest BCUT2D eigenvalue weighted by Gasteiger charge is 2.61. The van der Waals surface area contributed by atoms with E-state index in [1.807, 2.05) is 0 Å². The fraction of sp³-hybridized carbons (Fsp3) is 0.897. The second-order valence-electron chi connectivity index (χ2n) is 13.5. The summed E-state index contributed by atoms with van der Waals surface area (Å²) in [6, 6.07) is 0. The maximum Gasteiger partial charge on any atom is 0.133 e. The highest BCUT2D eigenvalue weighted by Crippen LogP contribution is 2.68. The zero-order chi connectivity index (χ0) is 22.8. The summed E-state index contributed by atoms with van der Waals surface area (Å²) < 4.78 is 0. The van der Waals surface area contributed by atoms with Crippen LogP contribution < -0.4 is 0 Å². The van der Waals surface area contributed by atoms with E-state index in [-0.39, 0.29) is 16.9 Å². The number of carbonyl (C=O) groups is 1. The van der Waals surface area contributed by atoms with Crippen molar-refractivity contribution in [1.82, 2.24) is 0 Å². The van der Waals surface area contributed by atoms with Crippen molar-refractivity contribution >= 4 is 5.78 Å².